The van der Waals surface area contributed by atoms with E-state index in [1.165, 1.54) is 31.5 Å². The third-order valence-electron chi connectivity index (χ3n) is 5.78. The summed E-state index contributed by atoms with van der Waals surface area (Å²) < 4.78 is 33.5. The van der Waals surface area contributed by atoms with E-state index in [2.05, 4.69) is 9.71 Å². The van der Waals surface area contributed by atoms with Gasteiger partial charge in [0.25, 0.3) is 15.9 Å². The summed E-state index contributed by atoms with van der Waals surface area (Å²) in [5.41, 5.74) is 0.321. The van der Waals surface area contributed by atoms with Crippen LogP contribution in [-0.2, 0) is 10.0 Å². The van der Waals surface area contributed by atoms with Gasteiger partial charge in [-0.3, -0.25) is 14.3 Å². The highest BCUT2D eigenvalue weighted by Crippen LogP contribution is 2.23. The van der Waals surface area contributed by atoms with Crippen LogP contribution in [-0.4, -0.2) is 43.9 Å². The molecule has 1 atom stereocenters. The minimum absolute atomic E-state index is 0.0153. The molecule has 2 heterocycles. The van der Waals surface area contributed by atoms with Crippen molar-refractivity contribution in [3.05, 3.63) is 64.4 Å². The van der Waals surface area contributed by atoms with Crippen LogP contribution < -0.4 is 14.9 Å². The number of methoxy groups -OCH3 is 1. The summed E-state index contributed by atoms with van der Waals surface area (Å²) in [6.45, 7) is 2.58. The number of ether oxygens (including phenoxy) is 1. The van der Waals surface area contributed by atoms with Crippen LogP contribution in [0.5, 0.6) is 5.75 Å². The van der Waals surface area contributed by atoms with E-state index in [0.29, 0.717) is 23.5 Å². The minimum Gasteiger partial charge on any atom is -0.497 e. The second-order valence-electron chi connectivity index (χ2n) is 7.92. The number of benzene rings is 2. The molecule has 1 amide bonds. The zero-order chi connectivity index (χ0) is 22.9. The number of hydrogen-bond donors (Lipinski definition) is 2. The highest BCUT2D eigenvalue weighted by molar-refractivity contribution is 7.92. The van der Waals surface area contributed by atoms with Gasteiger partial charge in [-0.05, 0) is 56.5 Å². The summed E-state index contributed by atoms with van der Waals surface area (Å²) >= 11 is 0. The lowest BCUT2D eigenvalue weighted by Crippen LogP contribution is -2.43. The lowest BCUT2D eigenvalue weighted by molar-refractivity contribution is 0.0634. The van der Waals surface area contributed by atoms with Crippen LogP contribution in [0.25, 0.3) is 10.9 Å². The number of anilines is 1. The number of amides is 1. The number of piperidine rings is 1. The smallest absolute Gasteiger partial charge is 0.261 e. The molecule has 1 unspecified atom stereocenters. The molecule has 2 N–H and O–H groups in total. The highest BCUT2D eigenvalue weighted by Gasteiger charge is 2.26. The Morgan fingerprint density at radius 2 is 2.00 bits per heavy atom. The molecule has 2 aromatic carbocycles. The fourth-order valence-corrected chi connectivity index (χ4v) is 5.05. The number of fused-ring (bicyclic) bond motifs is 1. The first-order chi connectivity index (χ1) is 15.3. The Balaban J connectivity index is 1.70. The molecule has 0 aliphatic carbocycles. The average Bonchev–Trinajstić information content (AvgIpc) is 2.79. The van der Waals surface area contributed by atoms with Gasteiger partial charge in [-0.1, -0.05) is 6.07 Å². The zero-order valence-corrected chi connectivity index (χ0v) is 18.7. The summed E-state index contributed by atoms with van der Waals surface area (Å²) in [6.07, 6.45) is 4.27. The number of carbonyl (C=O) groups is 1. The maximum absolute atomic E-state index is 13.1. The molecule has 168 valence electrons. The molecule has 1 aromatic heterocycles. The van der Waals surface area contributed by atoms with Gasteiger partial charge in [-0.25, -0.2) is 8.42 Å². The van der Waals surface area contributed by atoms with Gasteiger partial charge in [0.2, 0.25) is 5.43 Å². The van der Waals surface area contributed by atoms with Crippen molar-refractivity contribution in [2.24, 2.45) is 0 Å². The molecule has 0 radical (unpaired) electrons. The van der Waals surface area contributed by atoms with Gasteiger partial charge >= 0.3 is 0 Å². The number of nitrogens with zero attached hydrogens (tertiary/aromatic N) is 1. The zero-order valence-electron chi connectivity index (χ0n) is 17.9. The van der Waals surface area contributed by atoms with Crippen LogP contribution in [0.2, 0.25) is 0 Å². The number of pyridine rings is 1. The Labute approximate surface area is 186 Å². The molecule has 0 bridgehead atoms. The van der Waals surface area contributed by atoms with Crippen LogP contribution in [0.1, 0.15) is 36.5 Å². The molecular weight excluding hydrogens is 430 g/mol. The maximum atomic E-state index is 13.1. The molecule has 0 spiro atoms. The molecule has 1 fully saturated rings. The van der Waals surface area contributed by atoms with Gasteiger partial charge < -0.3 is 14.6 Å². The third kappa shape index (κ3) is 4.20. The van der Waals surface area contributed by atoms with Crippen LogP contribution in [0.4, 0.5) is 5.69 Å². The Morgan fingerprint density at radius 1 is 1.19 bits per heavy atom. The molecule has 1 aliphatic rings. The van der Waals surface area contributed by atoms with E-state index < -0.39 is 15.5 Å². The van der Waals surface area contributed by atoms with Crippen molar-refractivity contribution in [3.8, 4) is 5.75 Å². The van der Waals surface area contributed by atoms with E-state index in [9.17, 15) is 18.0 Å². The van der Waals surface area contributed by atoms with Crippen molar-refractivity contribution in [2.45, 2.75) is 37.1 Å². The topological polar surface area (TPSA) is 109 Å². The highest BCUT2D eigenvalue weighted by atomic mass is 32.2. The number of aromatic amines is 1. The van der Waals surface area contributed by atoms with Crippen molar-refractivity contribution >= 4 is 32.5 Å². The van der Waals surface area contributed by atoms with Gasteiger partial charge in [0, 0.05) is 35.8 Å². The molecule has 0 saturated carbocycles. The Kier molecular flexibility index (Phi) is 5.92. The van der Waals surface area contributed by atoms with Gasteiger partial charge in [0.1, 0.15) is 11.3 Å². The van der Waals surface area contributed by atoms with Crippen LogP contribution in [0, 0.1) is 0 Å². The number of carbonyl (C=O) groups excluding carboxylic acids is 1. The summed E-state index contributed by atoms with van der Waals surface area (Å²) in [5.74, 6) is 0.179. The first-order valence-electron chi connectivity index (χ1n) is 10.4. The molecule has 9 heteroatoms. The SMILES string of the molecule is COc1cccc(NS(=O)(=O)c2ccc3[nH]cc(C(=O)N4CCCCC4C)c(=O)c3c2)c1. The van der Waals surface area contributed by atoms with E-state index in [4.69, 9.17) is 4.74 Å². The van der Waals surface area contributed by atoms with Gasteiger partial charge in [-0.2, -0.15) is 0 Å². The van der Waals surface area contributed by atoms with E-state index >= 15 is 0 Å². The quantitative estimate of drug-likeness (QED) is 0.613. The number of likely N-dealkylation sites (tertiary alicyclic amines) is 1. The molecule has 8 nitrogen and oxygen atoms in total. The monoisotopic (exact) mass is 455 g/mol. The number of rotatable bonds is 5. The number of hydrogen-bond acceptors (Lipinski definition) is 5. The second kappa shape index (κ2) is 8.66. The van der Waals surface area contributed by atoms with Crippen molar-refractivity contribution in [2.75, 3.05) is 18.4 Å². The van der Waals surface area contributed by atoms with Crippen molar-refractivity contribution in [3.63, 3.8) is 0 Å². The summed E-state index contributed by atoms with van der Waals surface area (Å²) in [7, 11) is -2.47. The summed E-state index contributed by atoms with van der Waals surface area (Å²) in [5, 5.41) is 0.147. The Hall–Kier alpha value is -3.33. The Bertz CT molecular complexity index is 1330. The predicted molar refractivity (Wildman–Crippen MR) is 123 cm³/mol. The fourth-order valence-electron chi connectivity index (χ4n) is 3.98. The fraction of sp³-hybridized carbons (Fsp3) is 0.304. The largest absolute Gasteiger partial charge is 0.497 e. The van der Waals surface area contributed by atoms with Gasteiger partial charge in [0.05, 0.1) is 17.7 Å². The Morgan fingerprint density at radius 3 is 2.75 bits per heavy atom. The number of sulfonamides is 1. The number of nitrogens with one attached hydrogen (secondary N) is 2. The standard InChI is InChI=1S/C23H25N3O5S/c1-15-6-3-4-11-26(15)23(28)20-14-24-21-10-9-18(13-19(21)22(20)27)32(29,30)25-16-7-5-8-17(12-16)31-2/h5,7-10,12-15,25H,3-4,6,11H2,1-2H3,(H,24,27). The van der Waals surface area contributed by atoms with Crippen LogP contribution >= 0.6 is 0 Å². The number of aromatic nitrogens is 1. The molecule has 32 heavy (non-hydrogen) atoms. The van der Waals surface area contributed by atoms with E-state index in [0.717, 1.165) is 19.3 Å². The lowest BCUT2D eigenvalue weighted by Gasteiger charge is -2.33. The van der Waals surface area contributed by atoms with Gasteiger partial charge in [-0.15, -0.1) is 0 Å². The van der Waals surface area contributed by atoms with Crippen molar-refractivity contribution in [1.82, 2.24) is 9.88 Å². The molecule has 1 aliphatic heterocycles. The van der Waals surface area contributed by atoms with Gasteiger partial charge in [0.15, 0.2) is 0 Å². The first kappa shape index (κ1) is 21.9. The molecule has 1 saturated heterocycles. The average molecular weight is 456 g/mol. The summed E-state index contributed by atoms with van der Waals surface area (Å²) in [4.78, 5) is 30.8. The van der Waals surface area contributed by atoms with E-state index in [1.807, 2.05) is 6.92 Å². The molecular formula is C23H25N3O5S. The summed E-state index contributed by atoms with van der Waals surface area (Å²) in [6, 6.07) is 10.8. The van der Waals surface area contributed by atoms with Crippen LogP contribution in [0.15, 0.2) is 58.4 Å². The molecule has 4 rings (SSSR count). The normalized spacial score (nSPS) is 16.7. The lowest BCUT2D eigenvalue weighted by atomic mass is 10.0. The minimum atomic E-state index is -3.96. The van der Waals surface area contributed by atoms with Crippen molar-refractivity contribution < 1.29 is 17.9 Å². The van der Waals surface area contributed by atoms with Crippen LogP contribution in [0.3, 0.4) is 0 Å². The molecule has 3 aromatic rings. The number of H-pyrrole nitrogens is 1. The maximum Gasteiger partial charge on any atom is 0.261 e. The predicted octanol–water partition coefficient (Wildman–Crippen LogP) is 3.35. The van der Waals surface area contributed by atoms with E-state index in [1.54, 1.807) is 29.2 Å². The second-order valence-corrected chi connectivity index (χ2v) is 9.60. The first-order valence-corrected chi connectivity index (χ1v) is 11.9. The van der Waals surface area contributed by atoms with Crippen molar-refractivity contribution in [1.29, 1.82) is 0 Å². The van der Waals surface area contributed by atoms with E-state index in [-0.39, 0.29) is 27.8 Å². The third-order valence-corrected chi connectivity index (χ3v) is 7.16.